The van der Waals surface area contributed by atoms with Gasteiger partial charge in [0.1, 0.15) is 18.1 Å². The summed E-state index contributed by atoms with van der Waals surface area (Å²) in [5.74, 6) is -1.00. The first kappa shape index (κ1) is 25.4. The Kier molecular flexibility index (Phi) is 8.14. The van der Waals surface area contributed by atoms with Crippen molar-refractivity contribution in [2.75, 3.05) is 45.9 Å². The van der Waals surface area contributed by atoms with Crippen LogP contribution in [0.4, 0.5) is 13.2 Å². The molecule has 3 heterocycles. The van der Waals surface area contributed by atoms with E-state index in [1.807, 2.05) is 36.1 Å². The SMILES string of the molecule is CC(Cc1ccc(OCCN2CCCCC2)cc1)N1CCOC(O)(c2csc(C(F)(F)F)n2)C1. The second-order valence-electron chi connectivity index (χ2n) is 9.09. The number of piperidine rings is 1. The number of ether oxygens (including phenoxy) is 2. The molecule has 4 rings (SSSR count). The van der Waals surface area contributed by atoms with E-state index in [0.717, 1.165) is 37.4 Å². The summed E-state index contributed by atoms with van der Waals surface area (Å²) < 4.78 is 50.2. The number of alkyl halides is 3. The van der Waals surface area contributed by atoms with Crippen LogP contribution in [0.5, 0.6) is 5.75 Å². The Balaban J connectivity index is 1.28. The molecule has 2 aliphatic rings. The number of likely N-dealkylation sites (tertiary alicyclic amines) is 1. The van der Waals surface area contributed by atoms with E-state index >= 15 is 0 Å². The van der Waals surface area contributed by atoms with Crippen molar-refractivity contribution in [1.29, 1.82) is 0 Å². The van der Waals surface area contributed by atoms with E-state index in [4.69, 9.17) is 9.47 Å². The topological polar surface area (TPSA) is 58.1 Å². The molecule has 2 aromatic rings. The van der Waals surface area contributed by atoms with Gasteiger partial charge in [0.2, 0.25) is 5.79 Å². The molecule has 0 radical (unpaired) electrons. The van der Waals surface area contributed by atoms with Gasteiger partial charge in [0.15, 0.2) is 5.01 Å². The van der Waals surface area contributed by atoms with Gasteiger partial charge in [-0.05, 0) is 57.0 Å². The second-order valence-corrected chi connectivity index (χ2v) is 9.94. The zero-order valence-electron chi connectivity index (χ0n) is 19.4. The third kappa shape index (κ3) is 6.48. The van der Waals surface area contributed by atoms with Gasteiger partial charge in [-0.25, -0.2) is 4.98 Å². The van der Waals surface area contributed by atoms with Crippen molar-refractivity contribution >= 4 is 11.3 Å². The smallest absolute Gasteiger partial charge is 0.443 e. The molecule has 34 heavy (non-hydrogen) atoms. The summed E-state index contributed by atoms with van der Waals surface area (Å²) in [6, 6.07) is 8.08. The zero-order valence-corrected chi connectivity index (χ0v) is 20.2. The molecule has 2 saturated heterocycles. The first-order chi connectivity index (χ1) is 16.2. The van der Waals surface area contributed by atoms with Crippen molar-refractivity contribution in [3.05, 3.63) is 45.9 Å². The molecule has 0 saturated carbocycles. The number of β-amino-alcohol motifs (C(OH)–C–C–N with tert-alkyl or cyclic N) is 1. The summed E-state index contributed by atoms with van der Waals surface area (Å²) in [6.07, 6.45) is 0.0573. The van der Waals surface area contributed by atoms with Gasteiger partial charge in [-0.3, -0.25) is 9.80 Å². The summed E-state index contributed by atoms with van der Waals surface area (Å²) in [5, 5.41) is 11.2. The number of aliphatic hydroxyl groups is 1. The third-order valence-electron chi connectivity index (χ3n) is 6.49. The number of nitrogens with zero attached hydrogens (tertiary/aromatic N) is 3. The minimum atomic E-state index is -4.54. The van der Waals surface area contributed by atoms with Gasteiger partial charge in [-0.1, -0.05) is 18.6 Å². The van der Waals surface area contributed by atoms with Crippen molar-refractivity contribution in [2.45, 2.75) is 50.6 Å². The van der Waals surface area contributed by atoms with E-state index in [2.05, 4.69) is 9.88 Å². The highest BCUT2D eigenvalue weighted by Crippen LogP contribution is 2.36. The van der Waals surface area contributed by atoms with Crippen LogP contribution < -0.4 is 4.74 Å². The number of hydrogen-bond acceptors (Lipinski definition) is 7. The lowest BCUT2D eigenvalue weighted by Gasteiger charge is -2.41. The number of thiazole rings is 1. The Morgan fingerprint density at radius 2 is 1.91 bits per heavy atom. The Hall–Kier alpha value is -1.72. The number of benzene rings is 1. The monoisotopic (exact) mass is 499 g/mol. The Bertz CT molecular complexity index is 918. The maximum Gasteiger partial charge on any atom is 0.443 e. The molecule has 0 amide bonds. The van der Waals surface area contributed by atoms with Gasteiger partial charge in [-0.15, -0.1) is 11.3 Å². The van der Waals surface area contributed by atoms with Crippen LogP contribution in [-0.2, 0) is 23.1 Å². The molecule has 10 heteroatoms. The van der Waals surface area contributed by atoms with Crippen LogP contribution in [0.15, 0.2) is 29.6 Å². The van der Waals surface area contributed by atoms with Crippen molar-refractivity contribution in [2.24, 2.45) is 0 Å². The molecule has 1 N–H and O–H groups in total. The standard InChI is InChI=1S/C24H32F3N3O3S/c1-18(15-19-5-7-20(8-6-19)32-13-11-29-9-3-2-4-10-29)30-12-14-33-23(31,17-30)21-16-34-22(28-21)24(25,26)27/h5-8,16,18,31H,2-4,9-15,17H2,1H3. The van der Waals surface area contributed by atoms with Crippen molar-refractivity contribution in [3.63, 3.8) is 0 Å². The maximum atomic E-state index is 12.9. The lowest BCUT2D eigenvalue weighted by Crippen LogP contribution is -2.53. The van der Waals surface area contributed by atoms with Crippen LogP contribution in [0.25, 0.3) is 0 Å². The average molecular weight is 500 g/mol. The Labute approximate surface area is 202 Å². The quantitative estimate of drug-likeness (QED) is 0.590. The van der Waals surface area contributed by atoms with Crippen LogP contribution in [0, 0.1) is 0 Å². The number of halogens is 3. The predicted octanol–water partition coefficient (Wildman–Crippen LogP) is 4.14. The molecule has 0 aliphatic carbocycles. The van der Waals surface area contributed by atoms with Crippen LogP contribution >= 0.6 is 11.3 Å². The van der Waals surface area contributed by atoms with Gasteiger partial charge in [0, 0.05) is 24.5 Å². The van der Waals surface area contributed by atoms with Gasteiger partial charge in [0.05, 0.1) is 13.2 Å². The van der Waals surface area contributed by atoms with E-state index < -0.39 is 17.0 Å². The third-order valence-corrected chi connectivity index (χ3v) is 7.37. The maximum absolute atomic E-state index is 12.9. The normalized spacial score (nSPS) is 23.7. The number of aromatic nitrogens is 1. The summed E-state index contributed by atoms with van der Waals surface area (Å²) in [5.41, 5.74) is 1.03. The fraction of sp³-hybridized carbons (Fsp3) is 0.625. The van der Waals surface area contributed by atoms with Crippen LogP contribution in [0.3, 0.4) is 0 Å². The molecular formula is C24H32F3N3O3S. The summed E-state index contributed by atoms with van der Waals surface area (Å²) >= 11 is 0.467. The largest absolute Gasteiger partial charge is 0.492 e. The molecule has 188 valence electrons. The van der Waals surface area contributed by atoms with Crippen LogP contribution in [0.1, 0.15) is 42.5 Å². The second kappa shape index (κ2) is 10.9. The van der Waals surface area contributed by atoms with Crippen LogP contribution in [-0.4, -0.2) is 71.9 Å². The van der Waals surface area contributed by atoms with Gasteiger partial charge in [-0.2, -0.15) is 13.2 Å². The summed E-state index contributed by atoms with van der Waals surface area (Å²) in [4.78, 5) is 8.06. The van der Waals surface area contributed by atoms with Gasteiger partial charge in [0.25, 0.3) is 0 Å². The number of morpholine rings is 1. The van der Waals surface area contributed by atoms with E-state index in [1.165, 1.54) is 24.6 Å². The number of rotatable bonds is 8. The number of hydrogen-bond donors (Lipinski definition) is 1. The lowest BCUT2D eigenvalue weighted by atomic mass is 10.0. The molecule has 2 atom stereocenters. The van der Waals surface area contributed by atoms with Crippen molar-refractivity contribution < 1.29 is 27.8 Å². The predicted molar refractivity (Wildman–Crippen MR) is 124 cm³/mol. The zero-order chi connectivity index (χ0) is 24.2. The van der Waals surface area contributed by atoms with Crippen molar-refractivity contribution in [1.82, 2.24) is 14.8 Å². The average Bonchev–Trinajstić information content (AvgIpc) is 3.33. The molecule has 2 fully saturated rings. The molecule has 6 nitrogen and oxygen atoms in total. The van der Waals surface area contributed by atoms with E-state index in [1.54, 1.807) is 0 Å². The minimum absolute atomic E-state index is 0.0574. The Morgan fingerprint density at radius 1 is 1.18 bits per heavy atom. The van der Waals surface area contributed by atoms with E-state index in [0.29, 0.717) is 24.5 Å². The molecular weight excluding hydrogens is 467 g/mol. The first-order valence-corrected chi connectivity index (χ1v) is 12.7. The van der Waals surface area contributed by atoms with E-state index in [-0.39, 0.29) is 24.9 Å². The molecule has 0 spiro atoms. The van der Waals surface area contributed by atoms with Crippen molar-refractivity contribution in [3.8, 4) is 5.75 Å². The van der Waals surface area contributed by atoms with Gasteiger partial charge >= 0.3 is 6.18 Å². The molecule has 0 bridgehead atoms. The lowest BCUT2D eigenvalue weighted by molar-refractivity contribution is -0.254. The van der Waals surface area contributed by atoms with Gasteiger partial charge < -0.3 is 14.6 Å². The highest BCUT2D eigenvalue weighted by molar-refractivity contribution is 7.09. The molecule has 2 aliphatic heterocycles. The van der Waals surface area contributed by atoms with Crippen LogP contribution in [0.2, 0.25) is 0 Å². The molecule has 2 unspecified atom stereocenters. The minimum Gasteiger partial charge on any atom is -0.492 e. The Morgan fingerprint density at radius 3 is 2.59 bits per heavy atom. The molecule has 1 aromatic heterocycles. The highest BCUT2D eigenvalue weighted by Gasteiger charge is 2.42. The van der Waals surface area contributed by atoms with E-state index in [9.17, 15) is 18.3 Å². The fourth-order valence-electron chi connectivity index (χ4n) is 4.51. The summed E-state index contributed by atoms with van der Waals surface area (Å²) in [7, 11) is 0. The highest BCUT2D eigenvalue weighted by atomic mass is 32.1. The first-order valence-electron chi connectivity index (χ1n) is 11.8. The summed E-state index contributed by atoms with van der Waals surface area (Å²) in [6.45, 7) is 6.83. The fourth-order valence-corrected chi connectivity index (χ4v) is 5.26. The molecule has 1 aromatic carbocycles.